The van der Waals surface area contributed by atoms with Gasteiger partial charge in [-0.25, -0.2) is 4.98 Å². The molecular weight excluding hydrogens is 364 g/mol. The van der Waals surface area contributed by atoms with Gasteiger partial charge in [0.2, 0.25) is 0 Å². The molecule has 5 rings (SSSR count). The molecule has 3 heterocycles. The van der Waals surface area contributed by atoms with E-state index in [2.05, 4.69) is 29.2 Å². The Labute approximate surface area is 169 Å². The number of piperazine rings is 1. The minimum atomic E-state index is 0.0135. The summed E-state index contributed by atoms with van der Waals surface area (Å²) in [6.45, 7) is 5.13. The number of benzene rings is 2. The highest BCUT2D eigenvalue weighted by atomic mass is 16.2. The maximum atomic E-state index is 13.0. The van der Waals surface area contributed by atoms with E-state index < -0.39 is 0 Å². The zero-order chi connectivity index (χ0) is 19.8. The summed E-state index contributed by atoms with van der Waals surface area (Å²) < 4.78 is 1.76. The largest absolute Gasteiger partial charge is 0.328 e. The molecule has 0 atom stereocenters. The highest BCUT2D eigenvalue weighted by Gasteiger charge is 2.25. The van der Waals surface area contributed by atoms with E-state index in [1.54, 1.807) is 22.8 Å². The Morgan fingerprint density at radius 3 is 2.62 bits per heavy atom. The van der Waals surface area contributed by atoms with Gasteiger partial charge in [-0.05, 0) is 24.6 Å². The van der Waals surface area contributed by atoms with Crippen LogP contribution in [0.25, 0.3) is 10.9 Å². The van der Waals surface area contributed by atoms with Crippen molar-refractivity contribution in [1.82, 2.24) is 14.5 Å². The van der Waals surface area contributed by atoms with Crippen molar-refractivity contribution in [3.05, 3.63) is 75.8 Å². The maximum Gasteiger partial charge on any atom is 0.261 e. The summed E-state index contributed by atoms with van der Waals surface area (Å²) in [5.74, 6) is 0.873. The molecule has 2 aromatic carbocycles. The zero-order valence-electron chi connectivity index (χ0n) is 16.4. The lowest BCUT2D eigenvalue weighted by molar-refractivity contribution is -0.917. The first kappa shape index (κ1) is 18.1. The molecule has 2 aliphatic rings. The van der Waals surface area contributed by atoms with Crippen LogP contribution in [0, 0.1) is 0 Å². The molecule has 1 amide bonds. The lowest BCUT2D eigenvalue weighted by Gasteiger charge is -2.32. The topological polar surface area (TPSA) is 59.6 Å². The molecule has 3 aromatic rings. The second kappa shape index (κ2) is 7.44. The number of nitrogens with one attached hydrogen (secondary N) is 1. The predicted molar refractivity (Wildman–Crippen MR) is 111 cm³/mol. The van der Waals surface area contributed by atoms with Crippen LogP contribution < -0.4 is 10.5 Å². The third-order valence-corrected chi connectivity index (χ3v) is 6.12. The Morgan fingerprint density at radius 1 is 1.03 bits per heavy atom. The van der Waals surface area contributed by atoms with Crippen molar-refractivity contribution >= 4 is 16.8 Å². The number of aromatic nitrogens is 2. The van der Waals surface area contributed by atoms with Gasteiger partial charge in [0.05, 0.1) is 37.1 Å². The summed E-state index contributed by atoms with van der Waals surface area (Å²) in [5.41, 5.74) is 2.61. The van der Waals surface area contributed by atoms with Crippen molar-refractivity contribution in [2.24, 2.45) is 0 Å². The van der Waals surface area contributed by atoms with Crippen molar-refractivity contribution in [1.29, 1.82) is 0 Å². The van der Waals surface area contributed by atoms with E-state index in [9.17, 15) is 9.59 Å². The molecule has 1 fully saturated rings. The van der Waals surface area contributed by atoms with Crippen molar-refractivity contribution in [2.45, 2.75) is 25.9 Å². The number of hydrogen-bond acceptors (Lipinski definition) is 3. The Kier molecular flexibility index (Phi) is 4.64. The van der Waals surface area contributed by atoms with Crippen LogP contribution in [0.2, 0.25) is 0 Å². The second-order valence-corrected chi connectivity index (χ2v) is 8.02. The molecular formula is C23H25N4O2+. The summed E-state index contributed by atoms with van der Waals surface area (Å²) >= 11 is 0. The molecule has 29 heavy (non-hydrogen) atoms. The SMILES string of the molecule is O=C(c1ccc2c(=O)n3c(nc2c1)CCC3)N1CC[NH+](Cc2ccccc2)CC1. The van der Waals surface area contributed by atoms with Crippen LogP contribution >= 0.6 is 0 Å². The lowest BCUT2D eigenvalue weighted by atomic mass is 10.1. The van der Waals surface area contributed by atoms with E-state index >= 15 is 0 Å². The molecule has 6 nitrogen and oxygen atoms in total. The average molecular weight is 389 g/mol. The number of amides is 1. The predicted octanol–water partition coefficient (Wildman–Crippen LogP) is 0.884. The first-order chi connectivity index (χ1) is 14.2. The minimum Gasteiger partial charge on any atom is -0.328 e. The third-order valence-electron chi connectivity index (χ3n) is 6.12. The number of carbonyl (C=O) groups is 1. The number of hydrogen-bond donors (Lipinski definition) is 1. The van der Waals surface area contributed by atoms with Gasteiger partial charge in [-0.2, -0.15) is 0 Å². The fourth-order valence-electron chi connectivity index (χ4n) is 4.49. The molecule has 1 saturated heterocycles. The molecule has 1 N–H and O–H groups in total. The van der Waals surface area contributed by atoms with Crippen molar-refractivity contribution in [2.75, 3.05) is 26.2 Å². The standard InChI is InChI=1S/C23H24N4O2/c28-22(26-13-11-25(12-14-26)16-17-5-2-1-3-6-17)18-8-9-19-20(15-18)24-21-7-4-10-27(21)23(19)29/h1-3,5-6,8-9,15H,4,7,10-14,16H2/p+1. The number of carbonyl (C=O) groups excluding carboxylic acids is 1. The zero-order valence-corrected chi connectivity index (χ0v) is 16.4. The fraction of sp³-hybridized carbons (Fsp3) is 0.348. The molecule has 0 bridgehead atoms. The monoisotopic (exact) mass is 389 g/mol. The van der Waals surface area contributed by atoms with Gasteiger partial charge in [-0.15, -0.1) is 0 Å². The number of nitrogens with zero attached hydrogens (tertiary/aromatic N) is 3. The first-order valence-electron chi connectivity index (χ1n) is 10.4. The number of quaternary nitrogens is 1. The van der Waals surface area contributed by atoms with E-state index in [1.807, 2.05) is 11.0 Å². The number of aryl methyl sites for hydroxylation is 1. The van der Waals surface area contributed by atoms with Crippen molar-refractivity contribution in [3.8, 4) is 0 Å². The molecule has 0 radical (unpaired) electrons. The van der Waals surface area contributed by atoms with Gasteiger partial charge in [0.15, 0.2) is 0 Å². The van der Waals surface area contributed by atoms with Gasteiger partial charge in [0, 0.05) is 24.1 Å². The second-order valence-electron chi connectivity index (χ2n) is 8.02. The minimum absolute atomic E-state index is 0.0135. The van der Waals surface area contributed by atoms with Crippen molar-refractivity contribution < 1.29 is 9.69 Å². The summed E-state index contributed by atoms with van der Waals surface area (Å²) in [6.07, 6.45) is 1.79. The molecule has 0 unspecified atom stereocenters. The Morgan fingerprint density at radius 2 is 1.83 bits per heavy atom. The van der Waals surface area contributed by atoms with E-state index in [-0.39, 0.29) is 11.5 Å². The van der Waals surface area contributed by atoms with Crippen LogP contribution in [-0.2, 0) is 19.5 Å². The Hall–Kier alpha value is -2.99. The summed E-state index contributed by atoms with van der Waals surface area (Å²) in [4.78, 5) is 33.7. The van der Waals surface area contributed by atoms with Gasteiger partial charge >= 0.3 is 0 Å². The summed E-state index contributed by atoms with van der Waals surface area (Å²) in [6, 6.07) is 15.8. The van der Waals surface area contributed by atoms with Gasteiger partial charge in [-0.1, -0.05) is 30.3 Å². The van der Waals surface area contributed by atoms with E-state index in [1.165, 1.54) is 10.5 Å². The van der Waals surface area contributed by atoms with Crippen molar-refractivity contribution in [3.63, 3.8) is 0 Å². The van der Waals surface area contributed by atoms with Gasteiger partial charge < -0.3 is 9.80 Å². The third kappa shape index (κ3) is 3.44. The molecule has 1 aromatic heterocycles. The smallest absolute Gasteiger partial charge is 0.261 e. The number of rotatable bonds is 3. The first-order valence-corrected chi connectivity index (χ1v) is 10.4. The van der Waals surface area contributed by atoms with Crippen LogP contribution in [0.15, 0.2) is 53.3 Å². The molecule has 6 heteroatoms. The van der Waals surface area contributed by atoms with E-state index in [4.69, 9.17) is 0 Å². The van der Waals surface area contributed by atoms with Crippen LogP contribution in [0.4, 0.5) is 0 Å². The molecule has 0 aliphatic carbocycles. The molecule has 2 aliphatic heterocycles. The summed E-state index contributed by atoms with van der Waals surface area (Å²) in [5, 5.41) is 0.601. The highest BCUT2D eigenvalue weighted by molar-refractivity contribution is 5.97. The quantitative estimate of drug-likeness (QED) is 0.724. The van der Waals surface area contributed by atoms with Gasteiger partial charge in [-0.3, -0.25) is 14.2 Å². The van der Waals surface area contributed by atoms with E-state index in [0.717, 1.165) is 57.9 Å². The molecule has 148 valence electrons. The molecule has 0 saturated carbocycles. The maximum absolute atomic E-state index is 13.0. The summed E-state index contributed by atoms with van der Waals surface area (Å²) in [7, 11) is 0. The number of fused-ring (bicyclic) bond motifs is 2. The Balaban J connectivity index is 1.30. The normalized spacial score (nSPS) is 16.9. The highest BCUT2D eigenvalue weighted by Crippen LogP contribution is 2.17. The van der Waals surface area contributed by atoms with Crippen LogP contribution in [0.1, 0.15) is 28.2 Å². The fourth-order valence-corrected chi connectivity index (χ4v) is 4.49. The van der Waals surface area contributed by atoms with Gasteiger partial charge in [0.1, 0.15) is 12.4 Å². The lowest BCUT2D eigenvalue weighted by Crippen LogP contribution is -3.13. The Bertz CT molecular complexity index is 1110. The van der Waals surface area contributed by atoms with Crippen LogP contribution in [0.3, 0.4) is 0 Å². The average Bonchev–Trinajstić information content (AvgIpc) is 3.23. The van der Waals surface area contributed by atoms with E-state index in [0.29, 0.717) is 16.5 Å². The van der Waals surface area contributed by atoms with Crippen LogP contribution in [-0.4, -0.2) is 46.5 Å². The van der Waals surface area contributed by atoms with Crippen LogP contribution in [0.5, 0.6) is 0 Å². The van der Waals surface area contributed by atoms with Gasteiger partial charge in [0.25, 0.3) is 11.5 Å². The molecule has 0 spiro atoms.